The van der Waals surface area contributed by atoms with E-state index in [2.05, 4.69) is 11.9 Å². The van der Waals surface area contributed by atoms with Crippen LogP contribution in [0.1, 0.15) is 47.5 Å². The van der Waals surface area contributed by atoms with Crippen molar-refractivity contribution in [2.75, 3.05) is 7.05 Å². The smallest absolute Gasteiger partial charge is 0.336 e. The Morgan fingerprint density at radius 1 is 1.25 bits per heavy atom. The lowest BCUT2D eigenvalue weighted by Crippen LogP contribution is -2.39. The number of piperidine rings is 1. The van der Waals surface area contributed by atoms with Crippen molar-refractivity contribution in [3.8, 4) is 0 Å². The first-order chi connectivity index (χ1) is 9.47. The molecule has 2 fully saturated rings. The van der Waals surface area contributed by atoms with E-state index in [1.54, 1.807) is 6.07 Å². The maximum atomic E-state index is 11.5. The van der Waals surface area contributed by atoms with Gasteiger partial charge < -0.3 is 10.0 Å². The average molecular weight is 314 g/mol. The van der Waals surface area contributed by atoms with Gasteiger partial charge in [-0.05, 0) is 56.3 Å². The van der Waals surface area contributed by atoms with Crippen molar-refractivity contribution < 1.29 is 9.90 Å². The molecule has 0 aromatic heterocycles. The van der Waals surface area contributed by atoms with Crippen LogP contribution in [0.3, 0.4) is 0 Å². The fraction of sp³-hybridized carbons (Fsp3) is 0.533. The fourth-order valence-electron chi connectivity index (χ4n) is 3.82. The Labute approximate surface area is 128 Å². The van der Waals surface area contributed by atoms with Crippen LogP contribution in [-0.4, -0.2) is 35.1 Å². The molecule has 20 heavy (non-hydrogen) atoms. The third kappa shape index (κ3) is 2.32. The number of hydrogen-bond acceptors (Lipinski definition) is 2. The second kappa shape index (κ2) is 5.21. The van der Waals surface area contributed by atoms with Gasteiger partial charge >= 0.3 is 5.97 Å². The molecule has 0 radical (unpaired) electrons. The number of benzene rings is 1. The molecule has 2 heterocycles. The summed E-state index contributed by atoms with van der Waals surface area (Å²) in [7, 11) is 2.17. The zero-order chi connectivity index (χ0) is 14.4. The number of fused-ring (bicyclic) bond motifs is 2. The number of halogens is 2. The number of carboxylic acid groups (broad SMARTS) is 1. The number of hydrogen-bond donors (Lipinski definition) is 1. The SMILES string of the molecule is CN1[C@@H]2CC[C@H]1CC(c1c(Cl)cc(Cl)cc1C(=O)O)C2. The van der Waals surface area contributed by atoms with Crippen molar-refractivity contribution >= 4 is 29.2 Å². The maximum Gasteiger partial charge on any atom is 0.336 e. The summed E-state index contributed by atoms with van der Waals surface area (Å²) >= 11 is 12.2. The first kappa shape index (κ1) is 14.2. The molecule has 3 nitrogen and oxygen atoms in total. The monoisotopic (exact) mass is 313 g/mol. The lowest BCUT2D eigenvalue weighted by molar-refractivity contribution is 0.0693. The first-order valence-corrected chi connectivity index (χ1v) is 7.67. The van der Waals surface area contributed by atoms with E-state index in [9.17, 15) is 9.90 Å². The van der Waals surface area contributed by atoms with Crippen molar-refractivity contribution in [1.29, 1.82) is 0 Å². The number of rotatable bonds is 2. The second-order valence-corrected chi connectivity index (χ2v) is 6.72. The molecule has 5 heteroatoms. The highest BCUT2D eigenvalue weighted by Crippen LogP contribution is 2.45. The molecular formula is C15H17Cl2NO2. The number of carbonyl (C=O) groups is 1. The molecular weight excluding hydrogens is 297 g/mol. The van der Waals surface area contributed by atoms with E-state index in [0.717, 1.165) is 18.4 Å². The van der Waals surface area contributed by atoms with Gasteiger partial charge in [0.1, 0.15) is 0 Å². The minimum Gasteiger partial charge on any atom is -0.478 e. The van der Waals surface area contributed by atoms with Gasteiger partial charge in [-0.3, -0.25) is 0 Å². The van der Waals surface area contributed by atoms with Crippen molar-refractivity contribution in [3.63, 3.8) is 0 Å². The number of carboxylic acids is 1. The quantitative estimate of drug-likeness (QED) is 0.896. The van der Waals surface area contributed by atoms with Gasteiger partial charge in [-0.25, -0.2) is 4.79 Å². The lowest BCUT2D eigenvalue weighted by Gasteiger charge is -2.37. The fourth-order valence-corrected chi connectivity index (χ4v) is 4.47. The number of nitrogens with zero attached hydrogens (tertiary/aromatic N) is 1. The molecule has 0 aliphatic carbocycles. The molecule has 0 saturated carbocycles. The Balaban J connectivity index is 2.00. The van der Waals surface area contributed by atoms with Gasteiger partial charge in [0.15, 0.2) is 0 Å². The zero-order valence-electron chi connectivity index (χ0n) is 11.3. The zero-order valence-corrected chi connectivity index (χ0v) is 12.8. The Bertz CT molecular complexity index is 547. The van der Waals surface area contributed by atoms with Crippen LogP contribution in [0.25, 0.3) is 0 Å². The lowest BCUT2D eigenvalue weighted by atomic mass is 9.83. The van der Waals surface area contributed by atoms with Gasteiger partial charge in [0, 0.05) is 22.1 Å². The highest BCUT2D eigenvalue weighted by atomic mass is 35.5. The van der Waals surface area contributed by atoms with E-state index in [4.69, 9.17) is 23.2 Å². The van der Waals surface area contributed by atoms with Crippen LogP contribution in [-0.2, 0) is 0 Å². The molecule has 3 atom stereocenters. The topological polar surface area (TPSA) is 40.5 Å². The van der Waals surface area contributed by atoms with E-state index < -0.39 is 5.97 Å². The van der Waals surface area contributed by atoms with Crippen molar-refractivity contribution in [3.05, 3.63) is 33.3 Å². The molecule has 2 bridgehead atoms. The maximum absolute atomic E-state index is 11.5. The molecule has 3 rings (SSSR count). The molecule has 0 amide bonds. The summed E-state index contributed by atoms with van der Waals surface area (Å²) in [6.07, 6.45) is 4.36. The van der Waals surface area contributed by atoms with Crippen LogP contribution in [0.2, 0.25) is 10.0 Å². The van der Waals surface area contributed by atoms with Crippen LogP contribution >= 0.6 is 23.2 Å². The third-order valence-electron chi connectivity index (χ3n) is 4.83. The molecule has 1 unspecified atom stereocenters. The molecule has 108 valence electrons. The highest BCUT2D eigenvalue weighted by Gasteiger charge is 2.40. The normalized spacial score (nSPS) is 29.6. The largest absolute Gasteiger partial charge is 0.478 e. The van der Waals surface area contributed by atoms with Crippen LogP contribution in [0.5, 0.6) is 0 Å². The van der Waals surface area contributed by atoms with E-state index in [1.807, 2.05) is 0 Å². The summed E-state index contributed by atoms with van der Waals surface area (Å²) in [5.41, 5.74) is 1.03. The van der Waals surface area contributed by atoms with Crippen LogP contribution in [0.4, 0.5) is 0 Å². The Morgan fingerprint density at radius 3 is 2.40 bits per heavy atom. The Kier molecular flexibility index (Phi) is 3.69. The molecule has 2 aliphatic heterocycles. The van der Waals surface area contributed by atoms with Crippen LogP contribution in [0, 0.1) is 0 Å². The molecule has 1 aromatic rings. The van der Waals surface area contributed by atoms with Gasteiger partial charge in [0.25, 0.3) is 0 Å². The predicted molar refractivity (Wildman–Crippen MR) is 80.0 cm³/mol. The first-order valence-electron chi connectivity index (χ1n) is 6.91. The average Bonchev–Trinajstić information content (AvgIpc) is 2.61. The molecule has 2 saturated heterocycles. The second-order valence-electron chi connectivity index (χ2n) is 5.87. The highest BCUT2D eigenvalue weighted by molar-refractivity contribution is 6.35. The minimum atomic E-state index is -0.948. The van der Waals surface area contributed by atoms with E-state index in [1.165, 1.54) is 18.9 Å². The van der Waals surface area contributed by atoms with Gasteiger partial charge in [0.05, 0.1) is 5.56 Å². The minimum absolute atomic E-state index is 0.222. The molecule has 1 N–H and O–H groups in total. The standard InChI is InChI=1S/C15H17Cl2NO2/c1-18-10-2-3-11(18)5-8(4-10)14-12(15(19)20)6-9(16)7-13(14)17/h6-8,10-11H,2-5H2,1H3,(H,19,20)/t8?,10-,11+. The van der Waals surface area contributed by atoms with Crippen LogP contribution < -0.4 is 0 Å². The number of aromatic carboxylic acids is 1. The summed E-state index contributed by atoms with van der Waals surface area (Å²) in [6, 6.07) is 4.27. The van der Waals surface area contributed by atoms with Gasteiger partial charge in [0.2, 0.25) is 0 Å². The Hall–Kier alpha value is -0.770. The van der Waals surface area contributed by atoms with E-state index in [0.29, 0.717) is 22.1 Å². The summed E-state index contributed by atoms with van der Waals surface area (Å²) < 4.78 is 0. The Morgan fingerprint density at radius 2 is 1.85 bits per heavy atom. The molecule has 0 spiro atoms. The molecule has 2 aliphatic rings. The summed E-state index contributed by atoms with van der Waals surface area (Å²) in [5.74, 6) is -0.727. The van der Waals surface area contributed by atoms with E-state index in [-0.39, 0.29) is 11.5 Å². The summed E-state index contributed by atoms with van der Waals surface area (Å²) in [5, 5.41) is 10.3. The molecule has 1 aromatic carbocycles. The van der Waals surface area contributed by atoms with Crippen molar-refractivity contribution in [2.24, 2.45) is 0 Å². The summed E-state index contributed by atoms with van der Waals surface area (Å²) in [4.78, 5) is 13.9. The van der Waals surface area contributed by atoms with E-state index >= 15 is 0 Å². The van der Waals surface area contributed by atoms with Gasteiger partial charge in [-0.2, -0.15) is 0 Å². The summed E-state index contributed by atoms with van der Waals surface area (Å²) in [6.45, 7) is 0. The van der Waals surface area contributed by atoms with Crippen LogP contribution in [0.15, 0.2) is 12.1 Å². The van der Waals surface area contributed by atoms with Crippen molar-refractivity contribution in [1.82, 2.24) is 4.90 Å². The predicted octanol–water partition coefficient (Wildman–Crippen LogP) is 4.03. The van der Waals surface area contributed by atoms with Crippen molar-refractivity contribution in [2.45, 2.75) is 43.7 Å². The van der Waals surface area contributed by atoms with Gasteiger partial charge in [-0.15, -0.1) is 0 Å². The van der Waals surface area contributed by atoms with Gasteiger partial charge in [-0.1, -0.05) is 23.2 Å². The third-order valence-corrected chi connectivity index (χ3v) is 5.36.